The van der Waals surface area contributed by atoms with Crippen LogP contribution in [0.1, 0.15) is 17.7 Å². The molecule has 4 heteroatoms. The number of aliphatic hydroxyl groups excluding tert-OH is 1. The molecule has 0 radical (unpaired) electrons. The Balaban J connectivity index is 2.74. The molecule has 84 valence electrons. The molecule has 0 spiro atoms. The normalized spacial score (nSPS) is 14.9. The second kappa shape index (κ2) is 6.10. The molecule has 0 aromatic heterocycles. The quantitative estimate of drug-likeness (QED) is 0.811. The van der Waals surface area contributed by atoms with Gasteiger partial charge in [0.2, 0.25) is 0 Å². The molecule has 0 amide bonds. The summed E-state index contributed by atoms with van der Waals surface area (Å²) in [5.74, 6) is 0.401. The molecular formula is C11H16FNOS. The minimum atomic E-state index is -0.241. The van der Waals surface area contributed by atoms with Crippen molar-refractivity contribution < 1.29 is 9.50 Å². The topological polar surface area (TPSA) is 46.2 Å². The summed E-state index contributed by atoms with van der Waals surface area (Å²) in [4.78, 5) is 0. The fraction of sp³-hybridized carbons (Fsp3) is 0.455. The first-order valence-corrected chi connectivity index (χ1v) is 5.93. The maximum Gasteiger partial charge on any atom is 0.123 e. The van der Waals surface area contributed by atoms with Gasteiger partial charge < -0.3 is 10.8 Å². The maximum absolute atomic E-state index is 12.7. The molecule has 1 aromatic carbocycles. The fourth-order valence-corrected chi connectivity index (χ4v) is 2.40. The van der Waals surface area contributed by atoms with Gasteiger partial charge in [-0.1, -0.05) is 12.1 Å². The van der Waals surface area contributed by atoms with Gasteiger partial charge in [0.1, 0.15) is 5.82 Å². The highest BCUT2D eigenvalue weighted by Gasteiger charge is 2.16. The van der Waals surface area contributed by atoms with Gasteiger partial charge in [-0.25, -0.2) is 4.39 Å². The van der Waals surface area contributed by atoms with Crippen molar-refractivity contribution in [2.75, 3.05) is 12.4 Å². The smallest absolute Gasteiger partial charge is 0.123 e. The van der Waals surface area contributed by atoms with Gasteiger partial charge in [0.25, 0.3) is 0 Å². The Hall–Kier alpha value is -0.580. The van der Waals surface area contributed by atoms with E-state index in [0.29, 0.717) is 5.75 Å². The van der Waals surface area contributed by atoms with E-state index in [9.17, 15) is 4.39 Å². The van der Waals surface area contributed by atoms with Gasteiger partial charge in [0, 0.05) is 17.0 Å². The predicted molar refractivity (Wildman–Crippen MR) is 62.3 cm³/mol. The average molecular weight is 229 g/mol. The van der Waals surface area contributed by atoms with E-state index < -0.39 is 0 Å². The summed E-state index contributed by atoms with van der Waals surface area (Å²) in [6.45, 7) is 2.05. The molecule has 0 heterocycles. The van der Waals surface area contributed by atoms with E-state index in [1.165, 1.54) is 12.1 Å². The van der Waals surface area contributed by atoms with Crippen LogP contribution in [0.25, 0.3) is 0 Å². The van der Waals surface area contributed by atoms with Crippen LogP contribution in [0.5, 0.6) is 0 Å². The molecule has 0 saturated heterocycles. The number of thioether (sulfide) groups is 1. The standard InChI is InChI=1S/C11H16FNOS/c1-8(13)11(15-7-6-14)9-2-4-10(12)5-3-9/h2-5,8,11,14H,6-7,13H2,1H3. The molecule has 2 unspecified atom stereocenters. The highest BCUT2D eigenvalue weighted by Crippen LogP contribution is 2.30. The lowest BCUT2D eigenvalue weighted by molar-refractivity contribution is 0.322. The minimum Gasteiger partial charge on any atom is -0.396 e. The highest BCUT2D eigenvalue weighted by molar-refractivity contribution is 7.99. The van der Waals surface area contributed by atoms with Crippen molar-refractivity contribution in [2.24, 2.45) is 5.73 Å². The third-order valence-corrected chi connectivity index (χ3v) is 3.54. The van der Waals surface area contributed by atoms with E-state index in [0.717, 1.165) is 5.56 Å². The van der Waals surface area contributed by atoms with Crippen LogP contribution in [0.4, 0.5) is 4.39 Å². The van der Waals surface area contributed by atoms with Gasteiger partial charge >= 0.3 is 0 Å². The molecule has 2 atom stereocenters. The van der Waals surface area contributed by atoms with Gasteiger partial charge in [0.05, 0.1) is 6.61 Å². The number of halogens is 1. The second-order valence-corrected chi connectivity index (χ2v) is 4.68. The first-order chi connectivity index (χ1) is 7.15. The van der Waals surface area contributed by atoms with Crippen molar-refractivity contribution in [2.45, 2.75) is 18.2 Å². The Morgan fingerprint density at radius 3 is 2.47 bits per heavy atom. The van der Waals surface area contributed by atoms with E-state index in [1.54, 1.807) is 23.9 Å². The summed E-state index contributed by atoms with van der Waals surface area (Å²) in [5, 5.41) is 8.88. The number of aliphatic hydroxyl groups is 1. The zero-order chi connectivity index (χ0) is 11.3. The van der Waals surface area contributed by atoms with Crippen LogP contribution < -0.4 is 5.73 Å². The number of hydrogen-bond donors (Lipinski definition) is 2. The van der Waals surface area contributed by atoms with Crippen LogP contribution in [0.3, 0.4) is 0 Å². The summed E-state index contributed by atoms with van der Waals surface area (Å²) in [5.41, 5.74) is 6.86. The van der Waals surface area contributed by atoms with Crippen LogP contribution >= 0.6 is 11.8 Å². The van der Waals surface area contributed by atoms with Gasteiger partial charge in [-0.15, -0.1) is 11.8 Å². The molecular weight excluding hydrogens is 213 g/mol. The van der Waals surface area contributed by atoms with Gasteiger partial charge in [-0.05, 0) is 24.6 Å². The molecule has 2 nitrogen and oxygen atoms in total. The summed E-state index contributed by atoms with van der Waals surface area (Å²) in [6.07, 6.45) is 0. The molecule has 0 fully saturated rings. The Bertz CT molecular complexity index is 289. The zero-order valence-electron chi connectivity index (χ0n) is 8.69. The van der Waals surface area contributed by atoms with Crippen LogP contribution in [-0.2, 0) is 0 Å². The molecule has 0 saturated carbocycles. The summed E-state index contributed by atoms with van der Waals surface area (Å²) < 4.78 is 12.7. The molecule has 0 bridgehead atoms. The van der Waals surface area contributed by atoms with Crippen LogP contribution in [0.15, 0.2) is 24.3 Å². The first kappa shape index (κ1) is 12.5. The fourth-order valence-electron chi connectivity index (χ4n) is 1.38. The van der Waals surface area contributed by atoms with Crippen molar-refractivity contribution in [3.63, 3.8) is 0 Å². The molecule has 1 aromatic rings. The second-order valence-electron chi connectivity index (χ2n) is 3.43. The van der Waals surface area contributed by atoms with E-state index in [2.05, 4.69) is 0 Å². The van der Waals surface area contributed by atoms with Crippen LogP contribution in [0, 0.1) is 5.82 Å². The largest absolute Gasteiger partial charge is 0.396 e. The Kier molecular flexibility index (Phi) is 5.08. The lowest BCUT2D eigenvalue weighted by Crippen LogP contribution is -2.23. The lowest BCUT2D eigenvalue weighted by atomic mass is 10.1. The zero-order valence-corrected chi connectivity index (χ0v) is 9.51. The van der Waals surface area contributed by atoms with E-state index in [-0.39, 0.29) is 23.7 Å². The van der Waals surface area contributed by atoms with E-state index in [1.807, 2.05) is 6.92 Å². The number of nitrogens with two attached hydrogens (primary N) is 1. The van der Waals surface area contributed by atoms with E-state index in [4.69, 9.17) is 10.8 Å². The lowest BCUT2D eigenvalue weighted by Gasteiger charge is -2.20. The maximum atomic E-state index is 12.7. The van der Waals surface area contributed by atoms with Crippen LogP contribution in [-0.4, -0.2) is 23.5 Å². The van der Waals surface area contributed by atoms with Crippen molar-refractivity contribution in [1.29, 1.82) is 0 Å². The van der Waals surface area contributed by atoms with Gasteiger partial charge in [-0.3, -0.25) is 0 Å². The monoisotopic (exact) mass is 229 g/mol. The van der Waals surface area contributed by atoms with E-state index >= 15 is 0 Å². The number of rotatable bonds is 5. The highest BCUT2D eigenvalue weighted by atomic mass is 32.2. The predicted octanol–water partition coefficient (Wildman–Crippen LogP) is 1.94. The third kappa shape index (κ3) is 3.81. The summed E-state index contributed by atoms with van der Waals surface area (Å²) in [7, 11) is 0. The van der Waals surface area contributed by atoms with Crippen molar-refractivity contribution in [1.82, 2.24) is 0 Å². The van der Waals surface area contributed by atoms with Gasteiger partial charge in [-0.2, -0.15) is 0 Å². The summed E-state index contributed by atoms with van der Waals surface area (Å²) >= 11 is 1.59. The number of hydrogen-bond acceptors (Lipinski definition) is 3. The Labute approximate surface area is 93.7 Å². The first-order valence-electron chi connectivity index (χ1n) is 4.88. The molecule has 0 aliphatic carbocycles. The molecule has 0 aliphatic heterocycles. The van der Waals surface area contributed by atoms with Crippen LogP contribution in [0.2, 0.25) is 0 Å². The molecule has 0 aliphatic rings. The minimum absolute atomic E-state index is 0.0213. The molecule has 15 heavy (non-hydrogen) atoms. The Morgan fingerprint density at radius 1 is 1.40 bits per heavy atom. The Morgan fingerprint density at radius 2 is 2.00 bits per heavy atom. The third-order valence-electron chi connectivity index (χ3n) is 2.06. The summed E-state index contributed by atoms with van der Waals surface area (Å²) in [6, 6.07) is 6.34. The molecule has 1 rings (SSSR count). The number of benzene rings is 1. The SMILES string of the molecule is CC(N)C(SCCO)c1ccc(F)cc1. The molecule has 3 N–H and O–H groups in total. The van der Waals surface area contributed by atoms with Crippen molar-refractivity contribution in [3.8, 4) is 0 Å². The van der Waals surface area contributed by atoms with Crippen molar-refractivity contribution in [3.05, 3.63) is 35.6 Å². The average Bonchev–Trinajstić information content (AvgIpc) is 2.21. The van der Waals surface area contributed by atoms with Gasteiger partial charge in [0.15, 0.2) is 0 Å². The van der Waals surface area contributed by atoms with Crippen molar-refractivity contribution >= 4 is 11.8 Å².